The molecule has 7 heteroatoms. The van der Waals surface area contributed by atoms with E-state index in [-0.39, 0.29) is 5.69 Å². The smallest absolute Gasteiger partial charge is 0.319 e. The zero-order valence-corrected chi connectivity index (χ0v) is 8.49. The molecule has 0 aromatic heterocycles. The summed E-state index contributed by atoms with van der Waals surface area (Å²) in [5, 5.41) is 15.2. The molecule has 1 aromatic carbocycles. The molecule has 0 aliphatic heterocycles. The average molecular weight is 227 g/mol. The first-order valence-corrected chi connectivity index (χ1v) is 4.53. The van der Waals surface area contributed by atoms with E-state index in [1.54, 1.807) is 6.92 Å². The molecule has 0 atom stereocenters. The fourth-order valence-corrected chi connectivity index (χ4v) is 1.07. The maximum Gasteiger partial charge on any atom is 0.319 e. The van der Waals surface area contributed by atoms with Gasteiger partial charge in [0.1, 0.15) is 0 Å². The van der Waals surface area contributed by atoms with Gasteiger partial charge in [0, 0.05) is 18.3 Å². The minimum absolute atomic E-state index is 0.166. The first kappa shape index (κ1) is 11.9. The number of halogens is 1. The zero-order valence-electron chi connectivity index (χ0n) is 8.49. The van der Waals surface area contributed by atoms with Gasteiger partial charge < -0.3 is 10.6 Å². The first-order chi connectivity index (χ1) is 7.54. The summed E-state index contributed by atoms with van der Waals surface area (Å²) in [5.74, 6) is -0.938. The Kier molecular flexibility index (Phi) is 3.76. The van der Waals surface area contributed by atoms with Crippen LogP contribution in [-0.4, -0.2) is 17.5 Å². The van der Waals surface area contributed by atoms with Gasteiger partial charge in [0.2, 0.25) is 5.82 Å². The number of hydrogen-bond donors (Lipinski definition) is 2. The maximum atomic E-state index is 12.9. The van der Waals surface area contributed by atoms with E-state index in [4.69, 9.17) is 0 Å². The summed E-state index contributed by atoms with van der Waals surface area (Å²) in [7, 11) is 0. The average Bonchev–Trinajstić information content (AvgIpc) is 2.21. The van der Waals surface area contributed by atoms with Crippen LogP contribution in [0.5, 0.6) is 0 Å². The minimum Gasteiger partial charge on any atom is -0.338 e. The van der Waals surface area contributed by atoms with Crippen molar-refractivity contribution in [2.24, 2.45) is 0 Å². The normalized spacial score (nSPS) is 9.62. The lowest BCUT2D eigenvalue weighted by atomic mass is 10.2. The molecule has 2 N–H and O–H groups in total. The standard InChI is InChI=1S/C9H10FN3O3/c1-2-11-9(14)12-6-3-4-7(10)8(5-6)13(15)16/h3-5H,2H2,1H3,(H2,11,12,14). The molecule has 0 aliphatic carbocycles. The molecular weight excluding hydrogens is 217 g/mol. The molecule has 1 rings (SSSR count). The van der Waals surface area contributed by atoms with E-state index in [0.717, 1.165) is 12.1 Å². The minimum atomic E-state index is -0.938. The molecule has 16 heavy (non-hydrogen) atoms. The van der Waals surface area contributed by atoms with Gasteiger partial charge in [-0.15, -0.1) is 0 Å². The maximum absolute atomic E-state index is 12.9. The summed E-state index contributed by atoms with van der Waals surface area (Å²) < 4.78 is 12.9. The predicted molar refractivity (Wildman–Crippen MR) is 55.7 cm³/mol. The Labute approximate surface area is 90.6 Å². The molecule has 0 aliphatic rings. The van der Waals surface area contributed by atoms with Crippen LogP contribution < -0.4 is 10.6 Å². The zero-order chi connectivity index (χ0) is 12.1. The van der Waals surface area contributed by atoms with Gasteiger partial charge in [-0.05, 0) is 19.1 Å². The van der Waals surface area contributed by atoms with Gasteiger partial charge in [0.05, 0.1) is 4.92 Å². The Bertz CT molecular complexity index is 422. The van der Waals surface area contributed by atoms with Crippen LogP contribution in [0.4, 0.5) is 20.6 Å². The largest absolute Gasteiger partial charge is 0.338 e. The Balaban J connectivity index is 2.87. The number of benzene rings is 1. The summed E-state index contributed by atoms with van der Waals surface area (Å²) in [4.78, 5) is 20.7. The molecule has 2 amide bonds. The Morgan fingerprint density at radius 3 is 2.81 bits per heavy atom. The summed E-state index contributed by atoms with van der Waals surface area (Å²) in [5.41, 5.74) is -0.506. The van der Waals surface area contributed by atoms with Crippen molar-refractivity contribution in [1.29, 1.82) is 0 Å². The number of hydrogen-bond acceptors (Lipinski definition) is 3. The number of nitrogens with zero attached hydrogens (tertiary/aromatic N) is 1. The summed E-state index contributed by atoms with van der Waals surface area (Å²) >= 11 is 0. The van der Waals surface area contributed by atoms with Gasteiger partial charge in [0.15, 0.2) is 0 Å². The summed E-state index contributed by atoms with van der Waals surface area (Å²) in [6.45, 7) is 2.15. The van der Waals surface area contributed by atoms with Gasteiger partial charge in [-0.25, -0.2) is 4.79 Å². The van der Waals surface area contributed by atoms with Crippen LogP contribution in [0.1, 0.15) is 6.92 Å². The third-order valence-corrected chi connectivity index (χ3v) is 1.74. The summed E-state index contributed by atoms with van der Waals surface area (Å²) in [6, 6.07) is 2.64. The second kappa shape index (κ2) is 5.06. The fraction of sp³-hybridized carbons (Fsp3) is 0.222. The molecule has 0 saturated carbocycles. The number of nitro benzene ring substituents is 1. The van der Waals surface area contributed by atoms with E-state index >= 15 is 0 Å². The number of anilines is 1. The van der Waals surface area contributed by atoms with Gasteiger partial charge in [-0.1, -0.05) is 0 Å². The molecule has 0 saturated heterocycles. The van der Waals surface area contributed by atoms with Crippen LogP contribution in [0.2, 0.25) is 0 Å². The predicted octanol–water partition coefficient (Wildman–Crippen LogP) is 1.88. The number of carbonyl (C=O) groups excluding carboxylic acids is 1. The second-order valence-electron chi connectivity index (χ2n) is 2.91. The lowest BCUT2D eigenvalue weighted by molar-refractivity contribution is -0.387. The fourth-order valence-electron chi connectivity index (χ4n) is 1.07. The number of nitro groups is 1. The van der Waals surface area contributed by atoms with Crippen LogP contribution in [0, 0.1) is 15.9 Å². The van der Waals surface area contributed by atoms with E-state index in [0.29, 0.717) is 6.54 Å². The van der Waals surface area contributed by atoms with Crippen LogP contribution in [0.15, 0.2) is 18.2 Å². The highest BCUT2D eigenvalue weighted by Gasteiger charge is 2.14. The van der Waals surface area contributed by atoms with E-state index in [1.807, 2.05) is 0 Å². The van der Waals surface area contributed by atoms with Gasteiger partial charge in [-0.3, -0.25) is 10.1 Å². The molecular formula is C9H10FN3O3. The van der Waals surface area contributed by atoms with Gasteiger partial charge in [-0.2, -0.15) is 4.39 Å². The van der Waals surface area contributed by atoms with Crippen LogP contribution in [0.3, 0.4) is 0 Å². The van der Waals surface area contributed by atoms with E-state index in [2.05, 4.69) is 10.6 Å². The highest BCUT2D eigenvalue weighted by Crippen LogP contribution is 2.21. The van der Waals surface area contributed by atoms with Gasteiger partial charge >= 0.3 is 11.7 Å². The number of nitrogens with one attached hydrogen (secondary N) is 2. The molecule has 0 heterocycles. The number of urea groups is 1. The molecule has 0 radical (unpaired) electrons. The SMILES string of the molecule is CCNC(=O)Nc1ccc(F)c([N+](=O)[O-])c1. The van der Waals surface area contributed by atoms with Gasteiger partial charge in [0.25, 0.3) is 0 Å². The highest BCUT2D eigenvalue weighted by molar-refractivity contribution is 5.89. The van der Waals surface area contributed by atoms with Crippen molar-refractivity contribution in [2.45, 2.75) is 6.92 Å². The third-order valence-electron chi connectivity index (χ3n) is 1.74. The Hall–Kier alpha value is -2.18. The first-order valence-electron chi connectivity index (χ1n) is 4.53. The molecule has 0 bridgehead atoms. The quantitative estimate of drug-likeness (QED) is 0.610. The topological polar surface area (TPSA) is 84.3 Å². The Morgan fingerprint density at radius 1 is 1.56 bits per heavy atom. The van der Waals surface area contributed by atoms with E-state index in [9.17, 15) is 19.3 Å². The van der Waals surface area contributed by atoms with Crippen molar-refractivity contribution in [3.05, 3.63) is 34.1 Å². The number of amides is 2. The van der Waals surface area contributed by atoms with Crippen LogP contribution in [0.25, 0.3) is 0 Å². The number of carbonyl (C=O) groups is 1. The molecule has 0 fully saturated rings. The second-order valence-corrected chi connectivity index (χ2v) is 2.91. The van der Waals surface area contributed by atoms with E-state index in [1.165, 1.54) is 6.07 Å². The molecule has 1 aromatic rings. The lowest BCUT2D eigenvalue weighted by Gasteiger charge is -2.05. The van der Waals surface area contributed by atoms with E-state index < -0.39 is 22.5 Å². The monoisotopic (exact) mass is 227 g/mol. The van der Waals surface area contributed by atoms with Crippen molar-refractivity contribution in [2.75, 3.05) is 11.9 Å². The van der Waals surface area contributed by atoms with Crippen molar-refractivity contribution < 1.29 is 14.1 Å². The lowest BCUT2D eigenvalue weighted by Crippen LogP contribution is -2.28. The number of rotatable bonds is 3. The highest BCUT2D eigenvalue weighted by atomic mass is 19.1. The van der Waals surface area contributed by atoms with Crippen molar-refractivity contribution in [3.8, 4) is 0 Å². The molecule has 86 valence electrons. The third kappa shape index (κ3) is 2.91. The van der Waals surface area contributed by atoms with Crippen molar-refractivity contribution in [1.82, 2.24) is 5.32 Å². The van der Waals surface area contributed by atoms with Crippen molar-refractivity contribution >= 4 is 17.4 Å². The molecule has 0 spiro atoms. The van der Waals surface area contributed by atoms with Crippen LogP contribution >= 0.6 is 0 Å². The Morgan fingerprint density at radius 2 is 2.25 bits per heavy atom. The molecule has 0 unspecified atom stereocenters. The molecule has 6 nitrogen and oxygen atoms in total. The summed E-state index contributed by atoms with van der Waals surface area (Å²) in [6.07, 6.45) is 0. The van der Waals surface area contributed by atoms with Crippen molar-refractivity contribution in [3.63, 3.8) is 0 Å². The van der Waals surface area contributed by atoms with Crippen LogP contribution in [-0.2, 0) is 0 Å².